The Labute approximate surface area is 179 Å². The third-order valence-electron chi connectivity index (χ3n) is 4.63. The number of rotatable bonds is 18. The van der Waals surface area contributed by atoms with Crippen LogP contribution in [0.25, 0.3) is 0 Å². The summed E-state index contributed by atoms with van der Waals surface area (Å²) in [6.07, 6.45) is 18.2. The number of nitrogens with two attached hydrogens (primary N) is 1. The van der Waals surface area contributed by atoms with Crippen LogP contribution in [-0.2, 0) is 4.79 Å². The van der Waals surface area contributed by atoms with Crippen molar-refractivity contribution in [3.8, 4) is 0 Å². The van der Waals surface area contributed by atoms with Crippen molar-refractivity contribution < 1.29 is 19.7 Å². The fourth-order valence-corrected chi connectivity index (χ4v) is 2.84. The summed E-state index contributed by atoms with van der Waals surface area (Å²) in [4.78, 5) is 10.3. The second kappa shape index (κ2) is 21.8. The Bertz CT molecular complexity index is 382. The van der Waals surface area contributed by atoms with Gasteiger partial charge in [0.1, 0.15) is 0 Å². The van der Waals surface area contributed by atoms with Crippen molar-refractivity contribution in [1.29, 1.82) is 0 Å². The number of nitrogens with zero attached hydrogens (tertiary/aromatic N) is 1. The predicted molar refractivity (Wildman–Crippen MR) is 122 cm³/mol. The molecule has 0 radical (unpaired) electrons. The molecule has 0 aliphatic carbocycles. The molecule has 0 amide bonds. The van der Waals surface area contributed by atoms with Crippen molar-refractivity contribution in [3.63, 3.8) is 0 Å². The fourth-order valence-electron chi connectivity index (χ4n) is 2.84. The van der Waals surface area contributed by atoms with Gasteiger partial charge in [0.2, 0.25) is 0 Å². The first-order valence-electron chi connectivity index (χ1n) is 11.5. The SMILES string of the molecule is CCCCCCC(O)C/C=C\CCCCCCCC(=O)O.C[N+](C)([O-])CCCN. The van der Waals surface area contributed by atoms with Gasteiger partial charge in [0.05, 0.1) is 26.7 Å². The molecule has 29 heavy (non-hydrogen) atoms. The monoisotopic (exact) mass is 416 g/mol. The van der Waals surface area contributed by atoms with Gasteiger partial charge in [-0.15, -0.1) is 0 Å². The zero-order valence-corrected chi connectivity index (χ0v) is 19.3. The third kappa shape index (κ3) is 31.9. The van der Waals surface area contributed by atoms with Crippen molar-refractivity contribution >= 4 is 5.97 Å². The van der Waals surface area contributed by atoms with Crippen LogP contribution in [0.3, 0.4) is 0 Å². The quantitative estimate of drug-likeness (QED) is 0.126. The molecule has 174 valence electrons. The fraction of sp³-hybridized carbons (Fsp3) is 0.870. The van der Waals surface area contributed by atoms with E-state index in [9.17, 15) is 15.1 Å². The average molecular weight is 417 g/mol. The van der Waals surface area contributed by atoms with Gasteiger partial charge in [-0.1, -0.05) is 64.0 Å². The van der Waals surface area contributed by atoms with E-state index in [1.165, 1.54) is 25.7 Å². The van der Waals surface area contributed by atoms with Gasteiger partial charge >= 0.3 is 5.97 Å². The van der Waals surface area contributed by atoms with Crippen LogP contribution in [0.5, 0.6) is 0 Å². The lowest BCUT2D eigenvalue weighted by Gasteiger charge is -2.33. The largest absolute Gasteiger partial charge is 0.633 e. The molecule has 0 rings (SSSR count). The highest BCUT2D eigenvalue weighted by Gasteiger charge is 2.01. The van der Waals surface area contributed by atoms with E-state index in [2.05, 4.69) is 19.1 Å². The van der Waals surface area contributed by atoms with Crippen molar-refractivity contribution in [2.75, 3.05) is 27.2 Å². The summed E-state index contributed by atoms with van der Waals surface area (Å²) in [5, 5.41) is 29.0. The van der Waals surface area contributed by atoms with Gasteiger partial charge in [-0.25, -0.2) is 0 Å². The van der Waals surface area contributed by atoms with Crippen LogP contribution in [0, 0.1) is 5.21 Å². The summed E-state index contributed by atoms with van der Waals surface area (Å²) < 4.78 is -0.225. The molecule has 0 heterocycles. The number of carboxylic acids is 1. The smallest absolute Gasteiger partial charge is 0.303 e. The number of aliphatic hydroxyl groups excluding tert-OH is 1. The maximum absolute atomic E-state index is 10.7. The normalized spacial score (nSPS) is 12.6. The van der Waals surface area contributed by atoms with Crippen molar-refractivity contribution in [2.45, 2.75) is 103 Å². The molecule has 0 bridgehead atoms. The van der Waals surface area contributed by atoms with Gasteiger partial charge in [-0.3, -0.25) is 4.79 Å². The molecule has 0 saturated carbocycles. The molecule has 0 aliphatic heterocycles. The minimum absolute atomic E-state index is 0.172. The van der Waals surface area contributed by atoms with Gasteiger partial charge < -0.3 is 25.8 Å². The highest BCUT2D eigenvalue weighted by atomic mass is 16.5. The first-order chi connectivity index (χ1) is 13.7. The molecule has 1 atom stereocenters. The molecule has 0 aromatic heterocycles. The highest BCUT2D eigenvalue weighted by molar-refractivity contribution is 5.66. The number of carboxylic acid groups (broad SMARTS) is 1. The molecule has 6 nitrogen and oxygen atoms in total. The maximum atomic E-state index is 10.7. The van der Waals surface area contributed by atoms with Crippen LogP contribution in [0.2, 0.25) is 0 Å². The molecule has 1 unspecified atom stereocenters. The Morgan fingerprint density at radius 1 is 1.00 bits per heavy atom. The number of aliphatic carboxylic acids is 1. The zero-order chi connectivity index (χ0) is 22.4. The van der Waals surface area contributed by atoms with Gasteiger partial charge in [0.25, 0.3) is 0 Å². The second-order valence-corrected chi connectivity index (χ2v) is 8.35. The third-order valence-corrected chi connectivity index (χ3v) is 4.63. The number of hydrogen-bond acceptors (Lipinski definition) is 4. The number of carbonyl (C=O) groups is 1. The van der Waals surface area contributed by atoms with Crippen LogP contribution in [0.15, 0.2) is 12.2 Å². The van der Waals surface area contributed by atoms with E-state index in [0.717, 1.165) is 57.8 Å². The van der Waals surface area contributed by atoms with E-state index < -0.39 is 5.97 Å². The Kier molecular flexibility index (Phi) is 22.7. The molecule has 4 N–H and O–H groups in total. The summed E-state index contributed by atoms with van der Waals surface area (Å²) in [6, 6.07) is 0. The number of hydrogen-bond donors (Lipinski definition) is 3. The van der Waals surface area contributed by atoms with Crippen LogP contribution in [0.4, 0.5) is 0 Å². The Hall–Kier alpha value is -0.950. The lowest BCUT2D eigenvalue weighted by molar-refractivity contribution is -0.840. The van der Waals surface area contributed by atoms with Gasteiger partial charge in [0.15, 0.2) is 0 Å². The topological polar surface area (TPSA) is 107 Å². The number of unbranched alkanes of at least 4 members (excludes halogenated alkanes) is 8. The maximum Gasteiger partial charge on any atom is 0.303 e. The molecule has 0 fully saturated rings. The molecule has 0 spiro atoms. The van der Waals surface area contributed by atoms with Crippen LogP contribution < -0.4 is 5.73 Å². The molecule has 0 aromatic rings. The summed E-state index contributed by atoms with van der Waals surface area (Å²) in [7, 11) is 3.24. The van der Waals surface area contributed by atoms with Crippen LogP contribution in [-0.4, -0.2) is 54.1 Å². The van der Waals surface area contributed by atoms with Crippen LogP contribution in [0.1, 0.15) is 96.8 Å². The Morgan fingerprint density at radius 3 is 2.17 bits per heavy atom. The van der Waals surface area contributed by atoms with E-state index in [1.54, 1.807) is 14.1 Å². The van der Waals surface area contributed by atoms with Gasteiger partial charge in [-0.2, -0.15) is 0 Å². The highest BCUT2D eigenvalue weighted by Crippen LogP contribution is 2.10. The molecular formula is C23H48N2O4. The van der Waals surface area contributed by atoms with E-state index >= 15 is 0 Å². The summed E-state index contributed by atoms with van der Waals surface area (Å²) >= 11 is 0. The van der Waals surface area contributed by atoms with E-state index in [0.29, 0.717) is 19.5 Å². The molecule has 0 aromatic carbocycles. The summed E-state index contributed by atoms with van der Waals surface area (Å²) in [5.41, 5.74) is 5.19. The average Bonchev–Trinajstić information content (AvgIpc) is 2.64. The second-order valence-electron chi connectivity index (χ2n) is 8.35. The number of hydroxylamine groups is 3. The van der Waals surface area contributed by atoms with Crippen LogP contribution >= 0.6 is 0 Å². The Balaban J connectivity index is 0. The standard InChI is InChI=1S/C18H34O3.C5H14N2O/c1-2-3-4-11-14-17(19)15-12-9-7-5-6-8-10-13-16-18(20)21;1-7(2,8)5-3-4-6/h9,12,17,19H,2-8,10-11,13-16H2,1H3,(H,20,21);3-6H2,1-2H3/b12-9-;. The van der Waals surface area contributed by atoms with Crippen molar-refractivity contribution in [1.82, 2.24) is 0 Å². The first kappa shape index (κ1) is 30.2. The number of quaternary nitrogens is 1. The predicted octanol–water partition coefficient (Wildman–Crippen LogP) is 4.99. The summed E-state index contributed by atoms with van der Waals surface area (Å²) in [5.74, 6) is -0.689. The van der Waals surface area contributed by atoms with E-state index in [4.69, 9.17) is 10.8 Å². The van der Waals surface area contributed by atoms with Crippen molar-refractivity contribution in [2.24, 2.45) is 5.73 Å². The number of aliphatic hydroxyl groups is 1. The van der Waals surface area contributed by atoms with Crippen molar-refractivity contribution in [3.05, 3.63) is 17.4 Å². The summed E-state index contributed by atoms with van der Waals surface area (Å²) in [6.45, 7) is 3.44. The van der Waals surface area contributed by atoms with Gasteiger partial charge in [-0.05, 0) is 38.6 Å². The minimum Gasteiger partial charge on any atom is -0.633 e. The lowest BCUT2D eigenvalue weighted by atomic mass is 10.1. The molecular weight excluding hydrogens is 368 g/mol. The molecule has 6 heteroatoms. The minimum atomic E-state index is -0.689. The first-order valence-corrected chi connectivity index (χ1v) is 11.5. The van der Waals surface area contributed by atoms with Gasteiger partial charge in [0, 0.05) is 12.8 Å². The molecule has 0 aliphatic rings. The van der Waals surface area contributed by atoms with E-state index in [1.807, 2.05) is 0 Å². The Morgan fingerprint density at radius 2 is 1.62 bits per heavy atom. The lowest BCUT2D eigenvalue weighted by Crippen LogP contribution is -2.34. The molecule has 0 saturated heterocycles. The van der Waals surface area contributed by atoms with E-state index in [-0.39, 0.29) is 10.8 Å². The number of allylic oxidation sites excluding steroid dienone is 1. The zero-order valence-electron chi connectivity index (χ0n) is 19.3.